The number of carbonyl (C=O) groups excluding carboxylic acids is 2. The maximum absolute atomic E-state index is 14.5. The molecule has 2 saturated heterocycles. The van der Waals surface area contributed by atoms with Crippen LogP contribution in [0.2, 0.25) is 10.0 Å². The van der Waals surface area contributed by atoms with E-state index in [0.29, 0.717) is 81.2 Å². The topological polar surface area (TPSA) is 140 Å². The Labute approximate surface area is 301 Å². The number of hydrogen-bond acceptors (Lipinski definition) is 10. The molecule has 0 aliphatic carbocycles. The lowest BCUT2D eigenvalue weighted by molar-refractivity contribution is -0.127. The minimum absolute atomic E-state index is 0.0242. The van der Waals surface area contributed by atoms with Crippen LogP contribution in [0.4, 0.5) is 5.95 Å². The predicted octanol–water partition coefficient (Wildman–Crippen LogP) is 4.01. The van der Waals surface area contributed by atoms with Crippen LogP contribution in [-0.2, 0) is 20.9 Å². The third kappa shape index (κ3) is 8.40. The summed E-state index contributed by atoms with van der Waals surface area (Å²) >= 11 is 13.6. The van der Waals surface area contributed by atoms with Crippen LogP contribution in [0.15, 0.2) is 47.9 Å². The number of amides is 2. The van der Waals surface area contributed by atoms with Gasteiger partial charge in [-0.05, 0) is 51.4 Å². The Hall–Kier alpha value is -4.17. The molecule has 4 heterocycles. The van der Waals surface area contributed by atoms with Crippen LogP contribution in [0.1, 0.15) is 19.3 Å². The highest BCUT2D eigenvalue weighted by atomic mass is 35.5. The number of aromatic nitrogens is 3. The van der Waals surface area contributed by atoms with Crippen molar-refractivity contribution >= 4 is 52.0 Å². The number of fused-ring (bicyclic) bond motifs is 1. The summed E-state index contributed by atoms with van der Waals surface area (Å²) in [6, 6.07) is 2.68. The number of likely N-dealkylation sites (tertiary alicyclic amines) is 1. The van der Waals surface area contributed by atoms with Gasteiger partial charge in [0.2, 0.25) is 17.8 Å². The maximum Gasteiger partial charge on any atom is 0.260 e. The van der Waals surface area contributed by atoms with Gasteiger partial charge in [0.15, 0.2) is 0 Å². The second-order valence-corrected chi connectivity index (χ2v) is 13.4. The molecule has 0 radical (unpaired) electrons. The van der Waals surface area contributed by atoms with Gasteiger partial charge >= 0.3 is 0 Å². The molecule has 1 aromatic carbocycles. The highest BCUT2D eigenvalue weighted by molar-refractivity contribution is 6.41. The van der Waals surface area contributed by atoms with Gasteiger partial charge in [-0.2, -0.15) is 4.98 Å². The van der Waals surface area contributed by atoms with Crippen LogP contribution >= 0.6 is 23.2 Å². The number of carbonyl (C=O) groups is 2. The monoisotopic (exact) mass is 727 g/mol. The van der Waals surface area contributed by atoms with Gasteiger partial charge in [-0.25, -0.2) is 4.98 Å². The van der Waals surface area contributed by atoms with Crippen LogP contribution in [-0.4, -0.2) is 109 Å². The fourth-order valence-electron chi connectivity index (χ4n) is 6.22. The molecule has 2 aliphatic heterocycles. The number of hydrogen-bond donors (Lipinski definition) is 2. The number of benzene rings is 1. The number of nitrogens with one attached hydrogen (secondary N) is 2. The summed E-state index contributed by atoms with van der Waals surface area (Å²) in [5.41, 5.74) is 0.563. The number of ether oxygens (including phenoxy) is 3. The molecule has 2 fully saturated rings. The first-order chi connectivity index (χ1) is 24.0. The Morgan fingerprint density at radius 1 is 1.10 bits per heavy atom. The van der Waals surface area contributed by atoms with Crippen molar-refractivity contribution in [3.8, 4) is 22.6 Å². The van der Waals surface area contributed by atoms with Crippen molar-refractivity contribution in [2.45, 2.75) is 37.9 Å². The number of anilines is 1. The molecule has 50 heavy (non-hydrogen) atoms. The summed E-state index contributed by atoms with van der Waals surface area (Å²) in [4.78, 5) is 52.7. The third-order valence-corrected chi connectivity index (χ3v) is 9.70. The van der Waals surface area contributed by atoms with Crippen molar-refractivity contribution in [1.82, 2.24) is 29.7 Å². The van der Waals surface area contributed by atoms with E-state index in [0.717, 1.165) is 0 Å². The molecular weight excluding hydrogens is 685 g/mol. The van der Waals surface area contributed by atoms with Gasteiger partial charge in [-0.15, -0.1) is 0 Å². The molecule has 0 bridgehead atoms. The van der Waals surface area contributed by atoms with E-state index in [4.69, 9.17) is 42.4 Å². The Morgan fingerprint density at radius 3 is 2.44 bits per heavy atom. The number of nitrogens with zero attached hydrogens (tertiary/aromatic N) is 5. The van der Waals surface area contributed by atoms with Crippen molar-refractivity contribution in [3.05, 3.63) is 63.5 Å². The quantitative estimate of drug-likeness (QED) is 0.263. The number of likely N-dealkylation sites (N-methyl/N-ethyl adjacent to an activating group) is 1. The smallest absolute Gasteiger partial charge is 0.260 e. The average Bonchev–Trinajstić information content (AvgIpc) is 3.11. The van der Waals surface area contributed by atoms with Crippen LogP contribution in [0, 0.1) is 5.92 Å². The normalized spacial score (nSPS) is 18.4. The molecule has 0 spiro atoms. The van der Waals surface area contributed by atoms with Crippen LogP contribution in [0.3, 0.4) is 0 Å². The van der Waals surface area contributed by atoms with Gasteiger partial charge in [0, 0.05) is 62.1 Å². The molecule has 13 nitrogen and oxygen atoms in total. The van der Waals surface area contributed by atoms with Gasteiger partial charge in [0.1, 0.15) is 17.1 Å². The minimum atomic E-state index is -0.358. The van der Waals surface area contributed by atoms with Crippen molar-refractivity contribution < 1.29 is 23.8 Å². The fourth-order valence-corrected chi connectivity index (χ4v) is 6.93. The second-order valence-electron chi connectivity index (χ2n) is 12.6. The van der Waals surface area contributed by atoms with Crippen molar-refractivity contribution in [2.24, 2.45) is 5.92 Å². The standard InChI is InChI=1S/C35H43Cl2N7O6/c1-6-28(45)39-24-11-15-50-20-25(24)40-35-38-18-22-16-23(30-31(36)26(48-4)17-27(49-5)32(30)37)34(47)44(33(22)41-35)19-21-9-13-43(14-10-21)29(46)8-7-12-42(2)3/h6-8,16-18,21,24-25H,1,9-15,19-20H2,2-5H3,(H,39,45)(H,38,40,41)/b8-7+. The molecule has 2 N–H and O–H groups in total. The van der Waals surface area contributed by atoms with Crippen molar-refractivity contribution in [2.75, 3.05) is 66.5 Å². The largest absolute Gasteiger partial charge is 0.495 e. The van der Waals surface area contributed by atoms with Gasteiger partial charge in [0.25, 0.3) is 5.56 Å². The summed E-state index contributed by atoms with van der Waals surface area (Å²) in [7, 11) is 6.84. The lowest BCUT2D eigenvalue weighted by Gasteiger charge is -2.32. The molecule has 15 heteroatoms. The van der Waals surface area contributed by atoms with E-state index in [2.05, 4.69) is 22.2 Å². The fraction of sp³-hybridized carbons (Fsp3) is 0.457. The van der Waals surface area contributed by atoms with E-state index in [-0.39, 0.29) is 62.5 Å². The van der Waals surface area contributed by atoms with Gasteiger partial charge < -0.3 is 34.6 Å². The first-order valence-electron chi connectivity index (χ1n) is 16.4. The lowest BCUT2D eigenvalue weighted by atomic mass is 9.96. The van der Waals surface area contributed by atoms with E-state index in [9.17, 15) is 14.4 Å². The summed E-state index contributed by atoms with van der Waals surface area (Å²) in [6.45, 7) is 6.51. The number of rotatable bonds is 12. The summed E-state index contributed by atoms with van der Waals surface area (Å²) < 4.78 is 18.3. The van der Waals surface area contributed by atoms with Crippen molar-refractivity contribution in [1.29, 1.82) is 0 Å². The lowest BCUT2D eigenvalue weighted by Crippen LogP contribution is -2.52. The third-order valence-electron chi connectivity index (χ3n) is 8.95. The van der Waals surface area contributed by atoms with Crippen LogP contribution < -0.4 is 25.7 Å². The number of pyridine rings is 1. The highest BCUT2D eigenvalue weighted by Gasteiger charge is 2.29. The van der Waals surface area contributed by atoms with Crippen LogP contribution in [0.25, 0.3) is 22.2 Å². The van der Waals surface area contributed by atoms with E-state index >= 15 is 0 Å². The first kappa shape index (κ1) is 37.1. The molecule has 2 unspecified atom stereocenters. The number of halogens is 2. The van der Waals surface area contributed by atoms with E-state index in [1.54, 1.807) is 29.0 Å². The van der Waals surface area contributed by atoms with E-state index in [1.165, 1.54) is 20.3 Å². The predicted molar refractivity (Wildman–Crippen MR) is 194 cm³/mol. The molecule has 2 amide bonds. The highest BCUT2D eigenvalue weighted by Crippen LogP contribution is 2.45. The van der Waals surface area contributed by atoms with Gasteiger partial charge in [-0.3, -0.25) is 19.0 Å². The van der Waals surface area contributed by atoms with Crippen LogP contribution in [0.5, 0.6) is 11.5 Å². The minimum Gasteiger partial charge on any atom is -0.495 e. The van der Waals surface area contributed by atoms with Gasteiger partial charge in [0.05, 0.1) is 48.5 Å². The second kappa shape index (κ2) is 16.7. The Balaban J connectivity index is 1.53. The molecular formula is C35H43Cl2N7O6. The Kier molecular flexibility index (Phi) is 12.4. The SMILES string of the molecule is C=CC(=O)NC1CCOCC1Nc1ncc2cc(-c3c(Cl)c(OC)cc(OC)c3Cl)c(=O)n(CC3CCN(C(=O)/C=C/CN(C)C)CC3)c2n1. The zero-order valence-corrected chi connectivity index (χ0v) is 30.2. The molecule has 268 valence electrons. The zero-order chi connectivity index (χ0) is 35.9. The number of piperidine rings is 1. The first-order valence-corrected chi connectivity index (χ1v) is 17.2. The summed E-state index contributed by atoms with van der Waals surface area (Å²) in [6.07, 6.45) is 8.32. The van der Waals surface area contributed by atoms with E-state index < -0.39 is 0 Å². The Morgan fingerprint density at radius 2 is 1.80 bits per heavy atom. The number of methoxy groups -OCH3 is 2. The maximum atomic E-state index is 14.5. The van der Waals surface area contributed by atoms with E-state index in [1.807, 2.05) is 30.0 Å². The average molecular weight is 729 g/mol. The summed E-state index contributed by atoms with van der Waals surface area (Å²) in [5, 5.41) is 7.15. The molecule has 5 rings (SSSR count). The molecule has 0 saturated carbocycles. The summed E-state index contributed by atoms with van der Waals surface area (Å²) in [5.74, 6) is 0.639. The van der Waals surface area contributed by atoms with Crippen molar-refractivity contribution in [3.63, 3.8) is 0 Å². The molecule has 2 aliphatic rings. The van der Waals surface area contributed by atoms with Gasteiger partial charge in [-0.1, -0.05) is 35.9 Å². The molecule has 3 aromatic rings. The molecule has 2 aromatic heterocycles. The Bertz CT molecular complexity index is 1800. The zero-order valence-electron chi connectivity index (χ0n) is 28.7. The molecule has 2 atom stereocenters.